The second kappa shape index (κ2) is 2.86. The molecule has 13 heavy (non-hydrogen) atoms. The summed E-state index contributed by atoms with van der Waals surface area (Å²) in [5.41, 5.74) is 0.985. The standard InChI is InChI=1S/C11H11NO/c1-12-10-5-3-9(4-6-10)11(13)7-2-8-11/h3-6,13H,2,7-8H2. The van der Waals surface area contributed by atoms with Gasteiger partial charge in [-0.05, 0) is 24.8 Å². The van der Waals surface area contributed by atoms with Crippen molar-refractivity contribution in [1.82, 2.24) is 0 Å². The van der Waals surface area contributed by atoms with Crippen molar-refractivity contribution in [2.45, 2.75) is 24.9 Å². The van der Waals surface area contributed by atoms with Crippen molar-refractivity contribution in [3.63, 3.8) is 0 Å². The van der Waals surface area contributed by atoms with Crippen LogP contribution in [0.4, 0.5) is 5.69 Å². The van der Waals surface area contributed by atoms with Crippen molar-refractivity contribution >= 4 is 5.69 Å². The molecule has 0 radical (unpaired) electrons. The monoisotopic (exact) mass is 173 g/mol. The highest BCUT2D eigenvalue weighted by molar-refractivity contribution is 5.46. The molecular formula is C11H11NO. The molecule has 1 aliphatic carbocycles. The Hall–Kier alpha value is -1.33. The number of rotatable bonds is 1. The van der Waals surface area contributed by atoms with Gasteiger partial charge in [0, 0.05) is 0 Å². The van der Waals surface area contributed by atoms with Gasteiger partial charge in [-0.3, -0.25) is 0 Å². The van der Waals surface area contributed by atoms with Crippen molar-refractivity contribution in [2.75, 3.05) is 0 Å². The molecule has 2 nitrogen and oxygen atoms in total. The van der Waals surface area contributed by atoms with Crippen molar-refractivity contribution in [2.24, 2.45) is 0 Å². The highest BCUT2D eigenvalue weighted by Crippen LogP contribution is 2.41. The number of hydrogen-bond acceptors (Lipinski definition) is 1. The van der Waals surface area contributed by atoms with E-state index in [4.69, 9.17) is 6.57 Å². The van der Waals surface area contributed by atoms with E-state index in [1.807, 2.05) is 12.1 Å². The van der Waals surface area contributed by atoms with Gasteiger partial charge in [-0.25, -0.2) is 4.85 Å². The van der Waals surface area contributed by atoms with Crippen molar-refractivity contribution in [3.8, 4) is 0 Å². The van der Waals surface area contributed by atoms with Crippen LogP contribution in [0.2, 0.25) is 0 Å². The maximum Gasteiger partial charge on any atom is 0.187 e. The minimum absolute atomic E-state index is 0.597. The average Bonchev–Trinajstić information content (AvgIpc) is 2.14. The van der Waals surface area contributed by atoms with Crippen molar-refractivity contribution in [3.05, 3.63) is 41.2 Å². The normalized spacial score (nSPS) is 18.8. The molecule has 2 rings (SSSR count). The lowest BCUT2D eigenvalue weighted by atomic mass is 9.75. The highest BCUT2D eigenvalue weighted by atomic mass is 16.3. The Balaban J connectivity index is 2.28. The van der Waals surface area contributed by atoms with Gasteiger partial charge in [0.15, 0.2) is 5.69 Å². The van der Waals surface area contributed by atoms with E-state index in [9.17, 15) is 5.11 Å². The van der Waals surface area contributed by atoms with Gasteiger partial charge in [-0.1, -0.05) is 24.3 Å². The van der Waals surface area contributed by atoms with E-state index in [0.29, 0.717) is 5.69 Å². The van der Waals surface area contributed by atoms with Crippen molar-refractivity contribution in [1.29, 1.82) is 0 Å². The van der Waals surface area contributed by atoms with Crippen LogP contribution in [0.25, 0.3) is 4.85 Å². The highest BCUT2D eigenvalue weighted by Gasteiger charge is 2.35. The van der Waals surface area contributed by atoms with E-state index in [2.05, 4.69) is 4.85 Å². The predicted octanol–water partition coefficient (Wildman–Crippen LogP) is 2.61. The minimum Gasteiger partial charge on any atom is -0.385 e. The summed E-state index contributed by atoms with van der Waals surface area (Å²) in [6.07, 6.45) is 2.80. The number of benzene rings is 1. The molecule has 0 bridgehead atoms. The molecule has 0 atom stereocenters. The molecule has 0 spiro atoms. The lowest BCUT2D eigenvalue weighted by molar-refractivity contribution is -0.0387. The molecule has 0 unspecified atom stereocenters. The summed E-state index contributed by atoms with van der Waals surface area (Å²) in [6, 6.07) is 7.23. The van der Waals surface area contributed by atoms with Crippen LogP contribution in [0.15, 0.2) is 24.3 Å². The fourth-order valence-corrected chi connectivity index (χ4v) is 1.65. The van der Waals surface area contributed by atoms with E-state index >= 15 is 0 Å². The zero-order valence-corrected chi connectivity index (χ0v) is 7.33. The first-order valence-corrected chi connectivity index (χ1v) is 4.45. The molecule has 66 valence electrons. The van der Waals surface area contributed by atoms with Gasteiger partial charge in [-0.2, -0.15) is 0 Å². The third-order valence-electron chi connectivity index (χ3n) is 2.71. The third-order valence-corrected chi connectivity index (χ3v) is 2.71. The van der Waals surface area contributed by atoms with Crippen LogP contribution in [-0.4, -0.2) is 5.11 Å². The maximum atomic E-state index is 9.97. The summed E-state index contributed by atoms with van der Waals surface area (Å²) in [7, 11) is 0. The predicted molar refractivity (Wildman–Crippen MR) is 50.5 cm³/mol. The molecule has 1 aromatic rings. The smallest absolute Gasteiger partial charge is 0.187 e. The Morgan fingerprint density at radius 2 is 1.85 bits per heavy atom. The lowest BCUT2D eigenvalue weighted by Gasteiger charge is -2.37. The van der Waals surface area contributed by atoms with E-state index < -0.39 is 5.60 Å². The molecule has 1 fully saturated rings. The van der Waals surface area contributed by atoms with Gasteiger partial charge >= 0.3 is 0 Å². The van der Waals surface area contributed by atoms with Gasteiger partial charge in [0.2, 0.25) is 0 Å². The van der Waals surface area contributed by atoms with Crippen LogP contribution in [0, 0.1) is 6.57 Å². The SMILES string of the molecule is [C-]#[N+]c1ccc(C2(O)CCC2)cc1. The van der Waals surface area contributed by atoms with Gasteiger partial charge < -0.3 is 5.11 Å². The van der Waals surface area contributed by atoms with Crippen molar-refractivity contribution < 1.29 is 5.11 Å². The first-order valence-electron chi connectivity index (χ1n) is 4.45. The van der Waals surface area contributed by atoms with E-state index in [1.165, 1.54) is 0 Å². The number of nitrogens with zero attached hydrogens (tertiary/aromatic N) is 1. The second-order valence-corrected chi connectivity index (χ2v) is 3.54. The van der Waals surface area contributed by atoms with Gasteiger partial charge in [0.25, 0.3) is 0 Å². The van der Waals surface area contributed by atoms with Gasteiger partial charge in [0.1, 0.15) is 0 Å². The number of aliphatic hydroxyl groups is 1. The van der Waals surface area contributed by atoms with Crippen LogP contribution in [-0.2, 0) is 5.60 Å². The van der Waals surface area contributed by atoms with E-state index in [1.54, 1.807) is 12.1 Å². The molecule has 1 aliphatic rings. The molecule has 1 saturated carbocycles. The fourth-order valence-electron chi connectivity index (χ4n) is 1.65. The molecule has 1 aromatic carbocycles. The Morgan fingerprint density at radius 1 is 1.23 bits per heavy atom. The fraction of sp³-hybridized carbons (Fsp3) is 0.364. The van der Waals surface area contributed by atoms with E-state index in [-0.39, 0.29) is 0 Å². The van der Waals surface area contributed by atoms with Crippen LogP contribution in [0.3, 0.4) is 0 Å². The first-order chi connectivity index (χ1) is 6.24. The van der Waals surface area contributed by atoms with E-state index in [0.717, 1.165) is 24.8 Å². The first kappa shape index (κ1) is 8.28. The van der Waals surface area contributed by atoms with Gasteiger partial charge in [-0.15, -0.1) is 0 Å². The second-order valence-electron chi connectivity index (χ2n) is 3.54. The Labute approximate surface area is 77.6 Å². The molecular weight excluding hydrogens is 162 g/mol. The summed E-state index contributed by atoms with van der Waals surface area (Å²) in [6.45, 7) is 6.79. The topological polar surface area (TPSA) is 24.6 Å². The molecule has 1 N–H and O–H groups in total. The summed E-state index contributed by atoms with van der Waals surface area (Å²) < 4.78 is 0. The lowest BCUT2D eigenvalue weighted by Crippen LogP contribution is -2.33. The Bertz CT molecular complexity index is 343. The molecule has 0 amide bonds. The minimum atomic E-state index is -0.597. The van der Waals surface area contributed by atoms with Crippen LogP contribution in [0.1, 0.15) is 24.8 Å². The molecule has 0 heterocycles. The summed E-state index contributed by atoms with van der Waals surface area (Å²) in [5.74, 6) is 0. The summed E-state index contributed by atoms with van der Waals surface area (Å²) in [4.78, 5) is 3.31. The average molecular weight is 173 g/mol. The van der Waals surface area contributed by atoms with Crippen LogP contribution >= 0.6 is 0 Å². The van der Waals surface area contributed by atoms with Crippen LogP contribution < -0.4 is 0 Å². The third kappa shape index (κ3) is 1.32. The maximum absolute atomic E-state index is 9.97. The summed E-state index contributed by atoms with van der Waals surface area (Å²) >= 11 is 0. The molecule has 0 aliphatic heterocycles. The van der Waals surface area contributed by atoms with Gasteiger partial charge in [0.05, 0.1) is 12.2 Å². The Morgan fingerprint density at radius 3 is 2.23 bits per heavy atom. The van der Waals surface area contributed by atoms with Crippen LogP contribution in [0.5, 0.6) is 0 Å². The molecule has 2 heteroatoms. The summed E-state index contributed by atoms with van der Waals surface area (Å²) in [5, 5.41) is 9.97. The Kier molecular flexibility index (Phi) is 1.82. The number of hydrogen-bond donors (Lipinski definition) is 1. The zero-order valence-electron chi connectivity index (χ0n) is 7.33. The molecule has 0 aromatic heterocycles. The zero-order chi connectivity index (χ0) is 9.31. The quantitative estimate of drug-likeness (QED) is 0.648. The largest absolute Gasteiger partial charge is 0.385 e. The molecule has 0 saturated heterocycles.